The molecule has 7 heteroatoms. The van der Waals surface area contributed by atoms with Crippen LogP contribution in [0.1, 0.15) is 10.4 Å². The van der Waals surface area contributed by atoms with Crippen molar-refractivity contribution in [2.75, 3.05) is 0 Å². The van der Waals surface area contributed by atoms with E-state index in [2.05, 4.69) is 0 Å². The zero-order valence-electron chi connectivity index (χ0n) is 12.9. The standard InChI is InChI=1S/C20H12O5.2Na.2H/c21-11-5-7-15-17(9-11)25-18-10-12(22)6-8-16(18)19(15)13-3-1-2-4-14(13)20(23)24;;;;/h1-10,21H,(H,23,24);;;;. The van der Waals surface area contributed by atoms with Crippen LogP contribution in [-0.2, 0) is 0 Å². The first-order valence-electron chi connectivity index (χ1n) is 7.57. The molecule has 2 aliphatic rings. The number of carboxylic acid groups (broad SMARTS) is 1. The molecule has 0 fully saturated rings. The average molecular weight is 380 g/mol. The molecule has 4 rings (SSSR count). The van der Waals surface area contributed by atoms with Gasteiger partial charge in [0.05, 0.1) is 5.56 Å². The normalized spacial score (nSPS) is 10.2. The summed E-state index contributed by atoms with van der Waals surface area (Å²) in [5, 5.41) is 19.9. The molecule has 27 heavy (non-hydrogen) atoms. The van der Waals surface area contributed by atoms with Gasteiger partial charge in [0.2, 0.25) is 0 Å². The van der Waals surface area contributed by atoms with Gasteiger partial charge < -0.3 is 14.6 Å². The number of carboxylic acids is 1. The molecule has 1 aliphatic heterocycles. The van der Waals surface area contributed by atoms with Crippen LogP contribution in [0.25, 0.3) is 33.4 Å². The molecule has 0 bridgehead atoms. The minimum absolute atomic E-state index is 0. The first kappa shape index (κ1) is 21.7. The second-order valence-corrected chi connectivity index (χ2v) is 5.67. The van der Waals surface area contributed by atoms with E-state index in [0.717, 1.165) is 0 Å². The van der Waals surface area contributed by atoms with Crippen LogP contribution in [0.4, 0.5) is 0 Å². The van der Waals surface area contributed by atoms with Crippen molar-refractivity contribution in [3.05, 3.63) is 76.5 Å². The van der Waals surface area contributed by atoms with E-state index >= 15 is 0 Å². The Balaban J connectivity index is 0.00000131. The molecule has 0 radical (unpaired) electrons. The minimum atomic E-state index is -1.04. The number of aromatic hydroxyl groups is 1. The van der Waals surface area contributed by atoms with Crippen LogP contribution in [0.2, 0.25) is 0 Å². The molecule has 0 unspecified atom stereocenters. The number of hydrogen-bond donors (Lipinski definition) is 2. The quantitative estimate of drug-likeness (QED) is 0.412. The van der Waals surface area contributed by atoms with E-state index in [1.54, 1.807) is 30.3 Å². The Morgan fingerprint density at radius 2 is 1.63 bits per heavy atom. The summed E-state index contributed by atoms with van der Waals surface area (Å²) < 4.78 is 5.76. The van der Waals surface area contributed by atoms with Crippen LogP contribution in [0.15, 0.2) is 69.9 Å². The van der Waals surface area contributed by atoms with E-state index in [1.165, 1.54) is 30.3 Å². The van der Waals surface area contributed by atoms with Gasteiger partial charge in [-0.1, -0.05) is 18.2 Å². The van der Waals surface area contributed by atoms with E-state index in [9.17, 15) is 19.8 Å². The summed E-state index contributed by atoms with van der Waals surface area (Å²) in [6.45, 7) is 0. The molecule has 1 heterocycles. The fraction of sp³-hybridized carbons (Fsp3) is 0. The van der Waals surface area contributed by atoms with Gasteiger partial charge in [0.25, 0.3) is 0 Å². The van der Waals surface area contributed by atoms with Gasteiger partial charge in [0.15, 0.2) is 5.43 Å². The monoisotopic (exact) mass is 380 g/mol. The summed E-state index contributed by atoms with van der Waals surface area (Å²) in [7, 11) is 0. The van der Waals surface area contributed by atoms with Crippen LogP contribution < -0.4 is 5.43 Å². The second-order valence-electron chi connectivity index (χ2n) is 5.67. The van der Waals surface area contributed by atoms with Crippen molar-refractivity contribution in [3.63, 3.8) is 0 Å². The van der Waals surface area contributed by atoms with Crippen molar-refractivity contribution < 1.29 is 19.4 Å². The third kappa shape index (κ3) is 3.99. The number of benzene rings is 3. The number of hydrogen-bond acceptors (Lipinski definition) is 4. The SMILES string of the molecule is O=C(O)c1ccccc1-c1c2ccc(=O)cc-2oc2cc(O)ccc12.[NaH].[NaH]. The summed E-state index contributed by atoms with van der Waals surface area (Å²) in [6.07, 6.45) is 0. The van der Waals surface area contributed by atoms with Crippen molar-refractivity contribution in [2.24, 2.45) is 0 Å². The first-order valence-corrected chi connectivity index (χ1v) is 7.57. The Bertz CT molecular complexity index is 1170. The van der Waals surface area contributed by atoms with Gasteiger partial charge in [-0.25, -0.2) is 4.79 Å². The topological polar surface area (TPSA) is 87.7 Å². The number of aromatic carboxylic acids is 1. The van der Waals surface area contributed by atoms with Gasteiger partial charge in [-0.2, -0.15) is 0 Å². The van der Waals surface area contributed by atoms with E-state index in [4.69, 9.17) is 4.42 Å². The van der Waals surface area contributed by atoms with E-state index < -0.39 is 5.97 Å². The van der Waals surface area contributed by atoms with E-state index in [-0.39, 0.29) is 75.9 Å². The third-order valence-corrected chi connectivity index (χ3v) is 4.10. The Labute approximate surface area is 198 Å². The zero-order chi connectivity index (χ0) is 17.6. The molecule has 2 N–H and O–H groups in total. The summed E-state index contributed by atoms with van der Waals surface area (Å²) in [6, 6.07) is 15.7. The molecule has 2 aromatic carbocycles. The molecule has 126 valence electrons. The Kier molecular flexibility index (Phi) is 6.92. The number of carbonyl (C=O) groups is 1. The van der Waals surface area contributed by atoms with Crippen LogP contribution in [0.5, 0.6) is 5.75 Å². The Morgan fingerprint density at radius 3 is 2.37 bits per heavy atom. The number of phenolic OH excluding ortho intramolecular Hbond substituents is 1. The first-order chi connectivity index (χ1) is 12.0. The number of rotatable bonds is 2. The van der Waals surface area contributed by atoms with Gasteiger partial charge in [-0.05, 0) is 35.9 Å². The fourth-order valence-electron chi connectivity index (χ4n) is 3.04. The molecule has 0 spiro atoms. The predicted octanol–water partition coefficient (Wildman–Crippen LogP) is 2.67. The molecule has 0 saturated heterocycles. The van der Waals surface area contributed by atoms with Crippen molar-refractivity contribution >= 4 is 76.1 Å². The van der Waals surface area contributed by atoms with Crippen molar-refractivity contribution in [3.8, 4) is 28.2 Å². The molecular weight excluding hydrogens is 366 g/mol. The Hall–Kier alpha value is -1.60. The van der Waals surface area contributed by atoms with Gasteiger partial charge in [-0.3, -0.25) is 4.79 Å². The molecule has 1 aliphatic carbocycles. The van der Waals surface area contributed by atoms with Gasteiger partial charge in [-0.15, -0.1) is 0 Å². The maximum absolute atomic E-state index is 11.7. The summed E-state index contributed by atoms with van der Waals surface area (Å²) >= 11 is 0. The summed E-state index contributed by atoms with van der Waals surface area (Å²) in [5.41, 5.74) is 2.10. The van der Waals surface area contributed by atoms with Gasteiger partial charge in [0, 0.05) is 28.6 Å². The summed E-state index contributed by atoms with van der Waals surface area (Å²) in [4.78, 5) is 23.4. The van der Waals surface area contributed by atoms with Crippen molar-refractivity contribution in [1.29, 1.82) is 0 Å². The molecule has 0 atom stereocenters. The molecule has 0 saturated carbocycles. The molecule has 0 amide bonds. The zero-order valence-corrected chi connectivity index (χ0v) is 12.9. The number of fused-ring (bicyclic) bond motifs is 2. The molecule has 5 nitrogen and oxygen atoms in total. The van der Waals surface area contributed by atoms with E-state index in [1.807, 2.05) is 0 Å². The molecule has 2 aromatic rings. The summed E-state index contributed by atoms with van der Waals surface area (Å²) in [5.74, 6) is -0.691. The maximum atomic E-state index is 11.7. The second kappa shape index (κ2) is 8.61. The van der Waals surface area contributed by atoms with Crippen molar-refractivity contribution in [2.45, 2.75) is 0 Å². The van der Waals surface area contributed by atoms with E-state index in [0.29, 0.717) is 33.4 Å². The fourth-order valence-corrected chi connectivity index (χ4v) is 3.04. The van der Waals surface area contributed by atoms with Crippen LogP contribution in [0, 0.1) is 0 Å². The average Bonchev–Trinajstić information content (AvgIpc) is 2.59. The molecule has 0 aromatic heterocycles. The molecular formula is C20H14Na2O5. The van der Waals surface area contributed by atoms with Gasteiger partial charge in [0.1, 0.15) is 17.1 Å². The van der Waals surface area contributed by atoms with Gasteiger partial charge >= 0.3 is 65.1 Å². The third-order valence-electron chi connectivity index (χ3n) is 4.10. The van der Waals surface area contributed by atoms with Crippen LogP contribution in [0.3, 0.4) is 0 Å². The number of phenols is 1. The Morgan fingerprint density at radius 1 is 0.889 bits per heavy atom. The van der Waals surface area contributed by atoms with Crippen LogP contribution in [-0.4, -0.2) is 75.3 Å². The van der Waals surface area contributed by atoms with Crippen LogP contribution >= 0.6 is 0 Å². The van der Waals surface area contributed by atoms with Crippen molar-refractivity contribution in [1.82, 2.24) is 0 Å². The predicted molar refractivity (Wildman–Crippen MR) is 107 cm³/mol.